The molecule has 1 rings (SSSR count). The second-order valence-electron chi connectivity index (χ2n) is 4.03. The van der Waals surface area contributed by atoms with E-state index in [0.29, 0.717) is 34.7 Å². The van der Waals surface area contributed by atoms with Crippen molar-refractivity contribution >= 4 is 29.5 Å². The molecule has 0 aliphatic heterocycles. The highest BCUT2D eigenvalue weighted by Gasteiger charge is 2.05. The Morgan fingerprint density at radius 1 is 1.41 bits per heavy atom. The molecule has 0 radical (unpaired) electrons. The second-order valence-corrected chi connectivity index (χ2v) is 4.81. The molecule has 94 valence electrons. The third kappa shape index (κ3) is 4.97. The molecule has 17 heavy (non-hydrogen) atoms. The van der Waals surface area contributed by atoms with E-state index in [9.17, 15) is 4.79 Å². The van der Waals surface area contributed by atoms with E-state index in [2.05, 4.69) is 6.92 Å². The van der Waals surface area contributed by atoms with Gasteiger partial charge >= 0.3 is 0 Å². The standard InChI is InChI=1S/C13H16Cl2O2/c1-10(4-6-14)5-7-17-13-3-2-11(9-16)8-12(13)15/h2-3,8-10H,4-7H2,1H3. The van der Waals surface area contributed by atoms with Crippen molar-refractivity contribution in [2.24, 2.45) is 5.92 Å². The van der Waals surface area contributed by atoms with Gasteiger partial charge in [-0.2, -0.15) is 0 Å². The predicted molar refractivity (Wildman–Crippen MR) is 71.5 cm³/mol. The van der Waals surface area contributed by atoms with E-state index in [-0.39, 0.29) is 0 Å². The SMILES string of the molecule is CC(CCCl)CCOc1ccc(C=O)cc1Cl. The van der Waals surface area contributed by atoms with Crippen molar-refractivity contribution in [3.8, 4) is 5.75 Å². The number of ether oxygens (including phenoxy) is 1. The highest BCUT2D eigenvalue weighted by Crippen LogP contribution is 2.25. The van der Waals surface area contributed by atoms with Crippen LogP contribution in [0.1, 0.15) is 30.1 Å². The van der Waals surface area contributed by atoms with Crippen LogP contribution in [0.3, 0.4) is 0 Å². The quantitative estimate of drug-likeness (QED) is 0.551. The average molecular weight is 275 g/mol. The van der Waals surface area contributed by atoms with Gasteiger partial charge in [-0.15, -0.1) is 11.6 Å². The summed E-state index contributed by atoms with van der Waals surface area (Å²) < 4.78 is 5.56. The Kier molecular flexibility index (Phi) is 6.38. The number of hydrogen-bond acceptors (Lipinski definition) is 2. The first-order chi connectivity index (χ1) is 8.17. The molecule has 0 aliphatic carbocycles. The van der Waals surface area contributed by atoms with Crippen LogP contribution < -0.4 is 4.74 Å². The highest BCUT2D eigenvalue weighted by atomic mass is 35.5. The highest BCUT2D eigenvalue weighted by molar-refractivity contribution is 6.32. The van der Waals surface area contributed by atoms with E-state index >= 15 is 0 Å². The molecule has 0 fully saturated rings. The fourth-order valence-electron chi connectivity index (χ4n) is 1.41. The first-order valence-electron chi connectivity index (χ1n) is 5.61. The summed E-state index contributed by atoms with van der Waals surface area (Å²) in [5.74, 6) is 1.84. The summed E-state index contributed by atoms with van der Waals surface area (Å²) in [6.07, 6.45) is 2.69. The van der Waals surface area contributed by atoms with E-state index in [1.807, 2.05) is 0 Å². The zero-order chi connectivity index (χ0) is 12.7. The summed E-state index contributed by atoms with van der Waals surface area (Å²) in [6, 6.07) is 5.01. The third-order valence-corrected chi connectivity index (χ3v) is 3.08. The minimum absolute atomic E-state index is 0.472. The van der Waals surface area contributed by atoms with Gasteiger partial charge in [0.15, 0.2) is 0 Å². The van der Waals surface area contributed by atoms with Crippen molar-refractivity contribution in [2.45, 2.75) is 19.8 Å². The fraction of sp³-hybridized carbons (Fsp3) is 0.462. The van der Waals surface area contributed by atoms with E-state index in [1.165, 1.54) is 0 Å². The molecule has 4 heteroatoms. The lowest BCUT2D eigenvalue weighted by atomic mass is 10.1. The van der Waals surface area contributed by atoms with Crippen LogP contribution in [0.4, 0.5) is 0 Å². The van der Waals surface area contributed by atoms with E-state index in [0.717, 1.165) is 19.1 Å². The number of carbonyl (C=O) groups excluding carboxylic acids is 1. The van der Waals surface area contributed by atoms with Crippen molar-refractivity contribution in [2.75, 3.05) is 12.5 Å². The van der Waals surface area contributed by atoms with Crippen molar-refractivity contribution in [3.05, 3.63) is 28.8 Å². The van der Waals surface area contributed by atoms with Crippen molar-refractivity contribution in [1.82, 2.24) is 0 Å². The van der Waals surface area contributed by atoms with Crippen LogP contribution in [-0.2, 0) is 0 Å². The van der Waals surface area contributed by atoms with Crippen molar-refractivity contribution in [1.29, 1.82) is 0 Å². The van der Waals surface area contributed by atoms with Crippen molar-refractivity contribution in [3.63, 3.8) is 0 Å². The maximum absolute atomic E-state index is 10.5. The molecule has 0 spiro atoms. The number of halogens is 2. The third-order valence-electron chi connectivity index (χ3n) is 2.56. The zero-order valence-corrected chi connectivity index (χ0v) is 11.3. The molecular formula is C13H16Cl2O2. The molecule has 0 saturated heterocycles. The number of alkyl halides is 1. The number of aldehydes is 1. The van der Waals surface area contributed by atoms with Gasteiger partial charge in [0.1, 0.15) is 12.0 Å². The molecule has 0 amide bonds. The lowest BCUT2D eigenvalue weighted by Crippen LogP contribution is -2.05. The van der Waals surface area contributed by atoms with E-state index in [1.54, 1.807) is 18.2 Å². The Labute approximate surface area is 112 Å². The number of rotatable bonds is 7. The molecule has 0 saturated carbocycles. The van der Waals surface area contributed by atoms with E-state index in [4.69, 9.17) is 27.9 Å². The van der Waals surface area contributed by atoms with Crippen LogP contribution in [-0.4, -0.2) is 18.8 Å². The second kappa shape index (κ2) is 7.57. The lowest BCUT2D eigenvalue weighted by Gasteiger charge is -2.11. The Hall–Kier alpha value is -0.730. The average Bonchev–Trinajstić information content (AvgIpc) is 2.31. The molecule has 0 aromatic heterocycles. The summed E-state index contributed by atoms with van der Waals surface area (Å²) in [5.41, 5.74) is 0.554. The Bertz CT molecular complexity index is 366. The topological polar surface area (TPSA) is 26.3 Å². The van der Waals surface area contributed by atoms with Crippen LogP contribution in [0.15, 0.2) is 18.2 Å². The van der Waals surface area contributed by atoms with Gasteiger partial charge in [0, 0.05) is 11.4 Å². The number of carbonyl (C=O) groups is 1. The predicted octanol–water partition coefficient (Wildman–Crippen LogP) is 4.19. The number of benzene rings is 1. The lowest BCUT2D eigenvalue weighted by molar-refractivity contribution is 0.112. The first kappa shape index (κ1) is 14.3. The summed E-state index contributed by atoms with van der Waals surface area (Å²) in [5, 5.41) is 0.472. The molecule has 0 N–H and O–H groups in total. The van der Waals surface area contributed by atoms with Gasteiger partial charge in [-0.1, -0.05) is 18.5 Å². The normalized spacial score (nSPS) is 12.2. The maximum Gasteiger partial charge on any atom is 0.150 e. The molecule has 2 nitrogen and oxygen atoms in total. The Morgan fingerprint density at radius 2 is 2.18 bits per heavy atom. The summed E-state index contributed by atoms with van der Waals surface area (Å²) in [6.45, 7) is 2.75. The first-order valence-corrected chi connectivity index (χ1v) is 6.52. The maximum atomic E-state index is 10.5. The Morgan fingerprint density at radius 3 is 2.76 bits per heavy atom. The molecule has 0 aliphatic rings. The van der Waals surface area contributed by atoms with Crippen LogP contribution >= 0.6 is 23.2 Å². The number of hydrogen-bond donors (Lipinski definition) is 0. The van der Waals surface area contributed by atoms with Crippen LogP contribution in [0.25, 0.3) is 0 Å². The molecule has 1 unspecified atom stereocenters. The van der Waals surface area contributed by atoms with Crippen LogP contribution in [0.5, 0.6) is 5.75 Å². The monoisotopic (exact) mass is 274 g/mol. The van der Waals surface area contributed by atoms with E-state index < -0.39 is 0 Å². The van der Waals surface area contributed by atoms with Gasteiger partial charge < -0.3 is 4.74 Å². The van der Waals surface area contributed by atoms with Crippen LogP contribution in [0.2, 0.25) is 5.02 Å². The van der Waals surface area contributed by atoms with Gasteiger partial charge in [0.05, 0.1) is 11.6 Å². The fourth-order valence-corrected chi connectivity index (χ4v) is 2.02. The molecule has 1 atom stereocenters. The summed E-state index contributed by atoms with van der Waals surface area (Å²) in [7, 11) is 0. The molecule has 1 aromatic rings. The smallest absolute Gasteiger partial charge is 0.150 e. The van der Waals surface area contributed by atoms with Crippen molar-refractivity contribution < 1.29 is 9.53 Å². The Balaban J connectivity index is 2.44. The summed E-state index contributed by atoms with van der Waals surface area (Å²) >= 11 is 11.6. The molecule has 0 bridgehead atoms. The zero-order valence-electron chi connectivity index (χ0n) is 9.79. The van der Waals surface area contributed by atoms with Gasteiger partial charge in [-0.05, 0) is 37.0 Å². The van der Waals surface area contributed by atoms with Gasteiger partial charge in [0.25, 0.3) is 0 Å². The van der Waals surface area contributed by atoms with Crippen LogP contribution in [0, 0.1) is 5.92 Å². The van der Waals surface area contributed by atoms with Gasteiger partial charge in [0.2, 0.25) is 0 Å². The molecule has 1 aromatic carbocycles. The summed E-state index contributed by atoms with van der Waals surface area (Å²) in [4.78, 5) is 10.5. The minimum atomic E-state index is 0.472. The molecular weight excluding hydrogens is 259 g/mol. The minimum Gasteiger partial charge on any atom is -0.492 e. The van der Waals surface area contributed by atoms with Gasteiger partial charge in [-0.3, -0.25) is 4.79 Å². The largest absolute Gasteiger partial charge is 0.492 e. The van der Waals surface area contributed by atoms with Gasteiger partial charge in [-0.25, -0.2) is 0 Å². The molecule has 0 heterocycles.